The molecule has 12 heavy (non-hydrogen) atoms. The molecule has 2 nitrogen and oxygen atoms in total. The largest absolute Gasteiger partial charge is 0.310 e. The molecule has 0 amide bonds. The molecule has 2 rings (SSSR count). The summed E-state index contributed by atoms with van der Waals surface area (Å²) in [5.74, 6) is 5.73. The summed E-state index contributed by atoms with van der Waals surface area (Å²) in [6.45, 7) is 3.07. The van der Waals surface area contributed by atoms with Gasteiger partial charge in [0.15, 0.2) is 0 Å². The van der Waals surface area contributed by atoms with Crippen LogP contribution in [-0.4, -0.2) is 6.54 Å². The van der Waals surface area contributed by atoms with Crippen LogP contribution in [0.25, 0.3) is 0 Å². The van der Waals surface area contributed by atoms with Crippen molar-refractivity contribution < 1.29 is 0 Å². The molecule has 1 heterocycles. The number of nitrogens with two attached hydrogens (primary N) is 1. The van der Waals surface area contributed by atoms with Gasteiger partial charge in [-0.15, -0.1) is 12.4 Å². The van der Waals surface area contributed by atoms with Gasteiger partial charge in [-0.25, -0.2) is 5.84 Å². The van der Waals surface area contributed by atoms with Crippen molar-refractivity contribution in [3.8, 4) is 0 Å². The average molecular weight is 185 g/mol. The summed E-state index contributed by atoms with van der Waals surface area (Å²) in [6, 6.07) is 6.41. The summed E-state index contributed by atoms with van der Waals surface area (Å²) in [5.41, 5.74) is 3.89. The minimum absolute atomic E-state index is 0. The second kappa shape index (κ2) is 3.33. The van der Waals surface area contributed by atoms with Crippen molar-refractivity contribution in [1.29, 1.82) is 0 Å². The topological polar surface area (TPSA) is 29.3 Å². The Kier molecular flexibility index (Phi) is 2.60. The Morgan fingerprint density at radius 1 is 1.42 bits per heavy atom. The number of halogens is 1. The fraction of sp³-hybridized carbons (Fsp3) is 0.333. The molecule has 1 aliphatic heterocycles. The Bertz CT molecular complexity index is 286. The minimum atomic E-state index is 0. The predicted octanol–water partition coefficient (Wildman–Crippen LogP) is 1.65. The fourth-order valence-corrected chi connectivity index (χ4v) is 1.56. The number of hydrogen-bond acceptors (Lipinski definition) is 2. The first-order chi connectivity index (χ1) is 5.27. The molecule has 2 N–H and O–H groups in total. The van der Waals surface area contributed by atoms with E-state index in [0.717, 1.165) is 13.0 Å². The van der Waals surface area contributed by atoms with Gasteiger partial charge in [0.05, 0.1) is 5.69 Å². The molecule has 1 aromatic rings. The van der Waals surface area contributed by atoms with Gasteiger partial charge in [-0.05, 0) is 25.0 Å². The van der Waals surface area contributed by atoms with Crippen molar-refractivity contribution in [1.82, 2.24) is 0 Å². The van der Waals surface area contributed by atoms with E-state index in [1.54, 1.807) is 0 Å². The zero-order valence-corrected chi connectivity index (χ0v) is 7.90. The fourth-order valence-electron chi connectivity index (χ4n) is 1.56. The molecule has 0 spiro atoms. The van der Waals surface area contributed by atoms with E-state index in [1.807, 2.05) is 5.01 Å². The highest BCUT2D eigenvalue weighted by Crippen LogP contribution is 2.25. The van der Waals surface area contributed by atoms with Crippen LogP contribution in [0.1, 0.15) is 11.1 Å². The van der Waals surface area contributed by atoms with Crippen LogP contribution in [0.4, 0.5) is 5.69 Å². The van der Waals surface area contributed by atoms with Gasteiger partial charge in [0.2, 0.25) is 0 Å². The normalized spacial score (nSPS) is 14.0. The van der Waals surface area contributed by atoms with Crippen LogP contribution in [-0.2, 0) is 6.42 Å². The third-order valence-electron chi connectivity index (χ3n) is 2.17. The molecular formula is C9H13ClN2. The van der Waals surface area contributed by atoms with Gasteiger partial charge in [-0.3, -0.25) is 0 Å². The Morgan fingerprint density at radius 3 is 2.92 bits per heavy atom. The van der Waals surface area contributed by atoms with E-state index >= 15 is 0 Å². The Balaban J connectivity index is 0.000000720. The molecule has 1 aromatic carbocycles. The lowest BCUT2D eigenvalue weighted by atomic mass is 10.1. The Labute approximate surface area is 78.7 Å². The van der Waals surface area contributed by atoms with Crippen LogP contribution in [0.5, 0.6) is 0 Å². The molecule has 0 unspecified atom stereocenters. The summed E-state index contributed by atoms with van der Waals surface area (Å²) >= 11 is 0. The summed E-state index contributed by atoms with van der Waals surface area (Å²) in [5, 5.41) is 1.81. The number of fused-ring (bicyclic) bond motifs is 1. The maximum Gasteiger partial charge on any atom is 0.0550 e. The van der Waals surface area contributed by atoms with Crippen molar-refractivity contribution in [3.63, 3.8) is 0 Å². The van der Waals surface area contributed by atoms with Gasteiger partial charge < -0.3 is 5.01 Å². The predicted molar refractivity (Wildman–Crippen MR) is 53.7 cm³/mol. The monoisotopic (exact) mass is 184 g/mol. The minimum Gasteiger partial charge on any atom is -0.310 e. The standard InChI is InChI=1S/C9H12N2.ClH/c1-7-2-3-9-8(6-7)4-5-11(9)10;/h2-3,6H,4-5,10H2,1H3;1H. The highest BCUT2D eigenvalue weighted by atomic mass is 35.5. The number of hydrazine groups is 1. The number of anilines is 1. The van der Waals surface area contributed by atoms with Gasteiger partial charge >= 0.3 is 0 Å². The van der Waals surface area contributed by atoms with E-state index in [0.29, 0.717) is 0 Å². The number of hydrogen-bond donors (Lipinski definition) is 1. The molecule has 3 heteroatoms. The molecule has 0 bridgehead atoms. The maximum absolute atomic E-state index is 5.73. The van der Waals surface area contributed by atoms with E-state index in [4.69, 9.17) is 5.84 Å². The first kappa shape index (κ1) is 9.36. The van der Waals surface area contributed by atoms with Crippen molar-refractivity contribution in [2.24, 2.45) is 5.84 Å². The smallest absolute Gasteiger partial charge is 0.0550 e. The highest BCUT2D eigenvalue weighted by molar-refractivity contribution is 5.85. The first-order valence-corrected chi connectivity index (χ1v) is 3.89. The number of rotatable bonds is 0. The summed E-state index contributed by atoms with van der Waals surface area (Å²) in [7, 11) is 0. The van der Waals surface area contributed by atoms with Crippen LogP contribution in [0.3, 0.4) is 0 Å². The second-order valence-electron chi connectivity index (χ2n) is 3.08. The van der Waals surface area contributed by atoms with Crippen LogP contribution in [0.2, 0.25) is 0 Å². The molecule has 0 aliphatic carbocycles. The molecule has 0 radical (unpaired) electrons. The highest BCUT2D eigenvalue weighted by Gasteiger charge is 2.14. The summed E-state index contributed by atoms with van der Waals surface area (Å²) in [6.07, 6.45) is 1.09. The molecule has 66 valence electrons. The van der Waals surface area contributed by atoms with Crippen molar-refractivity contribution >= 4 is 18.1 Å². The van der Waals surface area contributed by atoms with E-state index < -0.39 is 0 Å². The number of benzene rings is 1. The van der Waals surface area contributed by atoms with E-state index in [9.17, 15) is 0 Å². The van der Waals surface area contributed by atoms with Gasteiger partial charge in [0.1, 0.15) is 0 Å². The molecule has 0 aromatic heterocycles. The van der Waals surface area contributed by atoms with Gasteiger partial charge in [-0.1, -0.05) is 17.7 Å². The Hall–Kier alpha value is -0.730. The number of aryl methyl sites for hydroxylation is 1. The third-order valence-corrected chi connectivity index (χ3v) is 2.17. The first-order valence-electron chi connectivity index (χ1n) is 3.89. The molecule has 0 atom stereocenters. The summed E-state index contributed by atoms with van der Waals surface area (Å²) in [4.78, 5) is 0. The SMILES string of the molecule is Cc1ccc2c(c1)CCN2N.Cl. The lowest BCUT2D eigenvalue weighted by Gasteiger charge is -2.10. The van der Waals surface area contributed by atoms with Crippen LogP contribution in [0, 0.1) is 6.92 Å². The average Bonchev–Trinajstić information content (AvgIpc) is 2.32. The van der Waals surface area contributed by atoms with Crippen LogP contribution in [0.15, 0.2) is 18.2 Å². The zero-order chi connectivity index (χ0) is 7.84. The molecule has 0 fully saturated rings. The summed E-state index contributed by atoms with van der Waals surface area (Å²) < 4.78 is 0. The maximum atomic E-state index is 5.73. The zero-order valence-electron chi connectivity index (χ0n) is 7.08. The molecule has 0 saturated heterocycles. The van der Waals surface area contributed by atoms with Gasteiger partial charge in [0.25, 0.3) is 0 Å². The van der Waals surface area contributed by atoms with Crippen molar-refractivity contribution in [2.75, 3.05) is 11.6 Å². The lowest BCUT2D eigenvalue weighted by molar-refractivity contribution is 0.891. The van der Waals surface area contributed by atoms with Gasteiger partial charge in [-0.2, -0.15) is 0 Å². The number of nitrogens with zero attached hydrogens (tertiary/aromatic N) is 1. The van der Waals surface area contributed by atoms with E-state index in [-0.39, 0.29) is 12.4 Å². The van der Waals surface area contributed by atoms with E-state index in [2.05, 4.69) is 25.1 Å². The molecule has 1 aliphatic rings. The molecular weight excluding hydrogens is 172 g/mol. The van der Waals surface area contributed by atoms with Crippen molar-refractivity contribution in [3.05, 3.63) is 29.3 Å². The quantitative estimate of drug-likeness (QED) is 0.622. The molecule has 0 saturated carbocycles. The van der Waals surface area contributed by atoms with Crippen LogP contribution >= 0.6 is 12.4 Å². The van der Waals surface area contributed by atoms with Gasteiger partial charge in [0, 0.05) is 6.54 Å². The third kappa shape index (κ3) is 1.40. The Morgan fingerprint density at radius 2 is 2.17 bits per heavy atom. The lowest BCUT2D eigenvalue weighted by Crippen LogP contribution is -2.27. The van der Waals surface area contributed by atoms with Crippen molar-refractivity contribution in [2.45, 2.75) is 13.3 Å². The van der Waals surface area contributed by atoms with E-state index in [1.165, 1.54) is 16.8 Å². The van der Waals surface area contributed by atoms with Crippen LogP contribution < -0.4 is 10.9 Å². The second-order valence-corrected chi connectivity index (χ2v) is 3.08.